The van der Waals surface area contributed by atoms with Crippen molar-refractivity contribution in [3.63, 3.8) is 0 Å². The van der Waals surface area contributed by atoms with Crippen molar-refractivity contribution >= 4 is 33.3 Å². The van der Waals surface area contributed by atoms with E-state index >= 15 is 0 Å². The van der Waals surface area contributed by atoms with Gasteiger partial charge in [0.2, 0.25) is 5.91 Å². The first-order valence-corrected chi connectivity index (χ1v) is 10.9. The summed E-state index contributed by atoms with van der Waals surface area (Å²) in [5, 5.41) is 5.48. The average molecular weight is 373 g/mol. The van der Waals surface area contributed by atoms with Crippen LogP contribution in [0.3, 0.4) is 0 Å². The van der Waals surface area contributed by atoms with E-state index in [4.69, 9.17) is 0 Å². The molecule has 2 aromatic heterocycles. The van der Waals surface area contributed by atoms with Gasteiger partial charge in [0.15, 0.2) is 0 Å². The van der Waals surface area contributed by atoms with Gasteiger partial charge in [0.25, 0.3) is 0 Å². The third-order valence-electron chi connectivity index (χ3n) is 6.09. The highest BCUT2D eigenvalue weighted by molar-refractivity contribution is 7.17. The fourth-order valence-electron chi connectivity index (χ4n) is 4.49. The molecule has 5 nitrogen and oxygen atoms in total. The average Bonchev–Trinajstić information content (AvgIpc) is 3.18. The Morgan fingerprint density at radius 2 is 2.12 bits per heavy atom. The van der Waals surface area contributed by atoms with E-state index in [0.29, 0.717) is 17.9 Å². The molecule has 4 rings (SSSR count). The molecule has 2 aliphatic rings. The number of fused-ring (bicyclic) bond motifs is 1. The van der Waals surface area contributed by atoms with Crippen LogP contribution in [0.1, 0.15) is 51.9 Å². The summed E-state index contributed by atoms with van der Waals surface area (Å²) in [6.07, 6.45) is 9.57. The van der Waals surface area contributed by atoms with Crippen LogP contribution in [-0.2, 0) is 4.79 Å². The molecule has 2 atom stereocenters. The van der Waals surface area contributed by atoms with Crippen molar-refractivity contribution in [2.45, 2.75) is 57.9 Å². The van der Waals surface area contributed by atoms with Crippen LogP contribution in [0.4, 0.5) is 5.82 Å². The molecule has 140 valence electrons. The number of nitrogens with one attached hydrogen (secondary N) is 1. The number of amides is 1. The Labute approximate surface area is 159 Å². The number of carbonyl (C=O) groups excluding carboxylic acids is 1. The molecule has 3 heterocycles. The Hall–Kier alpha value is -1.69. The Kier molecular flexibility index (Phi) is 5.38. The normalized spacial score (nSPS) is 24.7. The minimum atomic E-state index is 0.242. The molecular weight excluding hydrogens is 344 g/mol. The molecule has 1 N–H and O–H groups in total. The number of piperidine rings is 1. The highest BCUT2D eigenvalue weighted by atomic mass is 32.1. The lowest BCUT2D eigenvalue weighted by Gasteiger charge is -2.40. The number of hydrogen-bond donors (Lipinski definition) is 1. The number of rotatable bonds is 4. The zero-order chi connectivity index (χ0) is 17.9. The van der Waals surface area contributed by atoms with Gasteiger partial charge in [0, 0.05) is 25.0 Å². The van der Waals surface area contributed by atoms with Crippen molar-refractivity contribution in [2.75, 3.05) is 18.0 Å². The molecule has 1 amide bonds. The fraction of sp³-hybridized carbons (Fsp3) is 0.650. The van der Waals surface area contributed by atoms with Crippen LogP contribution < -0.4 is 10.2 Å². The van der Waals surface area contributed by atoms with Gasteiger partial charge in [-0.15, -0.1) is 11.3 Å². The Bertz CT molecular complexity index is 755. The lowest BCUT2D eigenvalue weighted by molar-refractivity contribution is -0.127. The lowest BCUT2D eigenvalue weighted by Crippen LogP contribution is -2.52. The summed E-state index contributed by atoms with van der Waals surface area (Å²) in [5.41, 5.74) is 1.03. The van der Waals surface area contributed by atoms with Crippen LogP contribution in [0.25, 0.3) is 10.2 Å². The van der Waals surface area contributed by atoms with Crippen LogP contribution in [0.5, 0.6) is 0 Å². The first-order valence-electron chi connectivity index (χ1n) is 9.99. The molecular formula is C20H28N4OS. The largest absolute Gasteiger partial charge is 0.355 e. The van der Waals surface area contributed by atoms with Gasteiger partial charge in [0.05, 0.1) is 10.2 Å². The van der Waals surface area contributed by atoms with Crippen molar-refractivity contribution in [3.8, 4) is 0 Å². The Morgan fingerprint density at radius 3 is 2.92 bits per heavy atom. The molecule has 26 heavy (non-hydrogen) atoms. The van der Waals surface area contributed by atoms with E-state index in [1.54, 1.807) is 17.7 Å². The van der Waals surface area contributed by atoms with Crippen molar-refractivity contribution in [3.05, 3.63) is 17.8 Å². The summed E-state index contributed by atoms with van der Waals surface area (Å²) in [4.78, 5) is 24.0. The van der Waals surface area contributed by atoms with Crippen molar-refractivity contribution in [1.29, 1.82) is 0 Å². The van der Waals surface area contributed by atoms with E-state index in [-0.39, 0.29) is 5.92 Å². The summed E-state index contributed by atoms with van der Waals surface area (Å²) in [7, 11) is 0. The predicted molar refractivity (Wildman–Crippen MR) is 107 cm³/mol. The fourth-order valence-corrected chi connectivity index (χ4v) is 5.36. The van der Waals surface area contributed by atoms with Crippen molar-refractivity contribution in [1.82, 2.24) is 15.3 Å². The first-order chi connectivity index (χ1) is 12.8. The van der Waals surface area contributed by atoms with E-state index in [2.05, 4.69) is 38.6 Å². The van der Waals surface area contributed by atoms with Crippen LogP contribution in [-0.4, -0.2) is 35.0 Å². The standard InChI is InChI=1S/C20H28N4OS/c1-2-14-12-24(19-18-17(9-11-26-18)21-13-22-19)10-8-16(14)23-20(25)15-6-4-3-5-7-15/h9,11,13-16H,2-8,10,12H2,1H3,(H,23,25)/t14-,16+/m1/s1. The summed E-state index contributed by atoms with van der Waals surface area (Å²) in [6, 6.07) is 2.35. The molecule has 2 fully saturated rings. The smallest absolute Gasteiger partial charge is 0.223 e. The second kappa shape index (κ2) is 7.91. The summed E-state index contributed by atoms with van der Waals surface area (Å²) >= 11 is 1.71. The van der Waals surface area contributed by atoms with Crippen molar-refractivity contribution in [2.24, 2.45) is 11.8 Å². The Morgan fingerprint density at radius 1 is 1.27 bits per heavy atom. The van der Waals surface area contributed by atoms with Crippen molar-refractivity contribution < 1.29 is 4.79 Å². The number of nitrogens with zero attached hydrogens (tertiary/aromatic N) is 3. The van der Waals surface area contributed by atoms with E-state index in [0.717, 1.165) is 50.1 Å². The Balaban J connectivity index is 1.43. The summed E-state index contributed by atoms with van der Waals surface area (Å²) < 4.78 is 1.17. The third-order valence-corrected chi connectivity index (χ3v) is 6.99. The number of aromatic nitrogens is 2. The van der Waals surface area contributed by atoms with Crippen LogP contribution in [0.15, 0.2) is 17.8 Å². The second-order valence-corrected chi connectivity index (χ2v) is 8.60. The SMILES string of the molecule is CC[C@@H]1CN(c2ncnc3ccsc23)CC[C@@H]1NC(=O)C1CCCCC1. The second-order valence-electron chi connectivity index (χ2n) is 7.69. The van der Waals surface area contributed by atoms with Gasteiger partial charge in [-0.25, -0.2) is 9.97 Å². The van der Waals surface area contributed by atoms with E-state index in [9.17, 15) is 4.79 Å². The molecule has 0 bridgehead atoms. The quantitative estimate of drug-likeness (QED) is 0.881. The number of thiophene rings is 1. The van der Waals surface area contributed by atoms with Gasteiger partial charge in [-0.2, -0.15) is 0 Å². The van der Waals surface area contributed by atoms with Gasteiger partial charge < -0.3 is 10.2 Å². The van der Waals surface area contributed by atoms with Gasteiger partial charge in [-0.05, 0) is 43.0 Å². The molecule has 1 saturated heterocycles. The molecule has 0 aromatic carbocycles. The highest BCUT2D eigenvalue weighted by Gasteiger charge is 2.32. The maximum atomic E-state index is 12.7. The minimum absolute atomic E-state index is 0.242. The summed E-state index contributed by atoms with van der Waals surface area (Å²) in [6.45, 7) is 4.13. The molecule has 6 heteroatoms. The first kappa shape index (κ1) is 17.7. The topological polar surface area (TPSA) is 58.1 Å². The van der Waals surface area contributed by atoms with Gasteiger partial charge >= 0.3 is 0 Å². The van der Waals surface area contributed by atoms with Crippen LogP contribution in [0.2, 0.25) is 0 Å². The zero-order valence-corrected chi connectivity index (χ0v) is 16.3. The maximum Gasteiger partial charge on any atom is 0.223 e. The molecule has 2 aromatic rings. The van der Waals surface area contributed by atoms with Gasteiger partial charge in [-0.1, -0.05) is 26.2 Å². The van der Waals surface area contributed by atoms with Gasteiger partial charge in [-0.3, -0.25) is 4.79 Å². The molecule has 0 unspecified atom stereocenters. The predicted octanol–water partition coefficient (Wildman–Crippen LogP) is 3.99. The van der Waals surface area contributed by atoms with Gasteiger partial charge in [0.1, 0.15) is 12.1 Å². The maximum absolute atomic E-state index is 12.7. The third kappa shape index (κ3) is 3.56. The molecule has 0 spiro atoms. The van der Waals surface area contributed by atoms with E-state index in [1.807, 2.05) is 0 Å². The molecule has 1 aliphatic heterocycles. The summed E-state index contributed by atoms with van der Waals surface area (Å²) in [5.74, 6) is 2.07. The molecule has 1 saturated carbocycles. The lowest BCUT2D eigenvalue weighted by atomic mass is 9.86. The van der Waals surface area contributed by atoms with Crippen LogP contribution >= 0.6 is 11.3 Å². The monoisotopic (exact) mass is 372 g/mol. The van der Waals surface area contributed by atoms with E-state index in [1.165, 1.54) is 24.0 Å². The zero-order valence-electron chi connectivity index (χ0n) is 15.5. The highest BCUT2D eigenvalue weighted by Crippen LogP contribution is 2.32. The molecule has 1 aliphatic carbocycles. The minimum Gasteiger partial charge on any atom is -0.355 e. The van der Waals surface area contributed by atoms with Crippen LogP contribution in [0, 0.1) is 11.8 Å². The van der Waals surface area contributed by atoms with E-state index < -0.39 is 0 Å². The number of anilines is 1. The number of hydrogen-bond acceptors (Lipinski definition) is 5. The molecule has 0 radical (unpaired) electrons. The number of carbonyl (C=O) groups is 1.